The molecule has 114 valence electrons. The van der Waals surface area contributed by atoms with Crippen molar-refractivity contribution in [2.45, 2.75) is 33.9 Å². The predicted octanol–water partition coefficient (Wildman–Crippen LogP) is 4.07. The van der Waals surface area contributed by atoms with E-state index in [0.717, 1.165) is 34.8 Å². The highest BCUT2D eigenvalue weighted by Gasteiger charge is 2.05. The Morgan fingerprint density at radius 2 is 2.14 bits per heavy atom. The third-order valence-electron chi connectivity index (χ3n) is 2.95. The van der Waals surface area contributed by atoms with Crippen LogP contribution in [0.15, 0.2) is 33.3 Å². The van der Waals surface area contributed by atoms with Gasteiger partial charge < -0.3 is 14.6 Å². The first-order valence-electron chi connectivity index (χ1n) is 7.08. The third kappa shape index (κ3) is 5.17. The Morgan fingerprint density at radius 3 is 2.81 bits per heavy atom. The van der Waals surface area contributed by atoms with Crippen molar-refractivity contribution in [3.63, 3.8) is 0 Å². The lowest BCUT2D eigenvalue weighted by Crippen LogP contribution is -2.19. The van der Waals surface area contributed by atoms with Crippen LogP contribution in [0.5, 0.6) is 5.75 Å². The van der Waals surface area contributed by atoms with Gasteiger partial charge in [0.05, 0.1) is 0 Å². The van der Waals surface area contributed by atoms with E-state index in [-0.39, 0.29) is 0 Å². The van der Waals surface area contributed by atoms with E-state index in [4.69, 9.17) is 9.26 Å². The second-order valence-electron chi connectivity index (χ2n) is 5.50. The minimum atomic E-state index is 0.415. The number of rotatable bonds is 7. The Morgan fingerprint density at radius 1 is 1.33 bits per heavy atom. The lowest BCUT2D eigenvalue weighted by atomic mass is 10.2. The van der Waals surface area contributed by atoms with Crippen LogP contribution in [0.4, 0.5) is 0 Å². The molecule has 1 aromatic carbocycles. The zero-order valence-corrected chi connectivity index (χ0v) is 14.2. The van der Waals surface area contributed by atoms with Crippen LogP contribution >= 0.6 is 15.9 Å². The van der Waals surface area contributed by atoms with Gasteiger partial charge in [0.1, 0.15) is 23.8 Å². The summed E-state index contributed by atoms with van der Waals surface area (Å²) in [5.74, 6) is 2.27. The van der Waals surface area contributed by atoms with Crippen LogP contribution in [0.2, 0.25) is 0 Å². The monoisotopic (exact) mass is 352 g/mol. The minimum Gasteiger partial charge on any atom is -0.487 e. The standard InChI is InChI=1S/C16H21BrN2O2/c1-11(2)8-18-9-13-7-15(4-5-16(13)17)20-10-14-6-12(3)21-19-14/h4-7,11,18H,8-10H2,1-3H3. The normalized spacial score (nSPS) is 11.1. The molecule has 0 bridgehead atoms. The Bertz CT molecular complexity index is 581. The molecule has 1 aromatic heterocycles. The fourth-order valence-electron chi connectivity index (χ4n) is 1.92. The minimum absolute atomic E-state index is 0.415. The van der Waals surface area contributed by atoms with Gasteiger partial charge in [0, 0.05) is 17.1 Å². The summed E-state index contributed by atoms with van der Waals surface area (Å²) in [5.41, 5.74) is 1.99. The van der Waals surface area contributed by atoms with E-state index in [2.05, 4.69) is 40.3 Å². The Hall–Kier alpha value is -1.33. The van der Waals surface area contributed by atoms with Crippen LogP contribution in [0.25, 0.3) is 0 Å². The van der Waals surface area contributed by atoms with E-state index in [1.54, 1.807) is 0 Å². The van der Waals surface area contributed by atoms with Crippen LogP contribution in [-0.2, 0) is 13.2 Å². The maximum Gasteiger partial charge on any atom is 0.134 e. The lowest BCUT2D eigenvalue weighted by molar-refractivity contribution is 0.287. The van der Waals surface area contributed by atoms with E-state index in [0.29, 0.717) is 12.5 Å². The number of aromatic nitrogens is 1. The maximum absolute atomic E-state index is 5.76. The number of hydrogen-bond acceptors (Lipinski definition) is 4. The summed E-state index contributed by atoms with van der Waals surface area (Å²) >= 11 is 3.57. The molecule has 0 radical (unpaired) electrons. The lowest BCUT2D eigenvalue weighted by Gasteiger charge is -2.11. The van der Waals surface area contributed by atoms with E-state index < -0.39 is 0 Å². The fourth-order valence-corrected chi connectivity index (χ4v) is 2.30. The summed E-state index contributed by atoms with van der Waals surface area (Å²) in [5, 5.41) is 7.35. The zero-order valence-electron chi connectivity index (χ0n) is 12.6. The van der Waals surface area contributed by atoms with Gasteiger partial charge in [0.15, 0.2) is 0 Å². The Balaban J connectivity index is 1.94. The topological polar surface area (TPSA) is 47.3 Å². The molecule has 5 heteroatoms. The van der Waals surface area contributed by atoms with Gasteiger partial charge in [-0.1, -0.05) is 34.9 Å². The first-order valence-corrected chi connectivity index (χ1v) is 7.88. The van der Waals surface area contributed by atoms with Gasteiger partial charge in [-0.2, -0.15) is 0 Å². The highest BCUT2D eigenvalue weighted by molar-refractivity contribution is 9.10. The zero-order chi connectivity index (χ0) is 15.2. The second-order valence-corrected chi connectivity index (χ2v) is 6.35. The molecule has 0 atom stereocenters. The number of halogens is 1. The van der Waals surface area contributed by atoms with Gasteiger partial charge in [0.25, 0.3) is 0 Å². The van der Waals surface area contributed by atoms with Crippen LogP contribution in [0.3, 0.4) is 0 Å². The van der Waals surface area contributed by atoms with Crippen LogP contribution in [0, 0.1) is 12.8 Å². The number of nitrogens with zero attached hydrogens (tertiary/aromatic N) is 1. The summed E-state index contributed by atoms with van der Waals surface area (Å²) in [6.07, 6.45) is 0. The highest BCUT2D eigenvalue weighted by Crippen LogP contribution is 2.23. The van der Waals surface area contributed by atoms with Gasteiger partial charge in [-0.25, -0.2) is 0 Å². The molecule has 0 aliphatic rings. The molecular formula is C16H21BrN2O2. The molecule has 0 fully saturated rings. The maximum atomic E-state index is 5.76. The van der Waals surface area contributed by atoms with Gasteiger partial charge in [-0.15, -0.1) is 0 Å². The molecule has 0 unspecified atom stereocenters. The van der Waals surface area contributed by atoms with Crippen LogP contribution in [0.1, 0.15) is 30.9 Å². The number of nitrogens with one attached hydrogen (secondary N) is 1. The van der Waals surface area contributed by atoms with Crippen LogP contribution in [-0.4, -0.2) is 11.7 Å². The number of ether oxygens (including phenoxy) is 1. The van der Waals surface area contributed by atoms with Gasteiger partial charge in [-0.3, -0.25) is 0 Å². The van der Waals surface area contributed by atoms with E-state index >= 15 is 0 Å². The van der Waals surface area contributed by atoms with Crippen molar-refractivity contribution in [1.29, 1.82) is 0 Å². The number of aryl methyl sites for hydroxylation is 1. The third-order valence-corrected chi connectivity index (χ3v) is 3.72. The predicted molar refractivity (Wildman–Crippen MR) is 86.3 cm³/mol. The summed E-state index contributed by atoms with van der Waals surface area (Å²) < 4.78 is 11.9. The molecular weight excluding hydrogens is 332 g/mol. The quantitative estimate of drug-likeness (QED) is 0.815. The largest absolute Gasteiger partial charge is 0.487 e. The summed E-state index contributed by atoms with van der Waals surface area (Å²) in [7, 11) is 0. The van der Waals surface area contributed by atoms with Crippen molar-refractivity contribution in [1.82, 2.24) is 10.5 Å². The average Bonchev–Trinajstić information content (AvgIpc) is 2.85. The summed E-state index contributed by atoms with van der Waals surface area (Å²) in [4.78, 5) is 0. The number of hydrogen-bond donors (Lipinski definition) is 1. The van der Waals surface area contributed by atoms with E-state index in [1.807, 2.05) is 31.2 Å². The average molecular weight is 353 g/mol. The molecule has 0 aliphatic heterocycles. The van der Waals surface area contributed by atoms with Gasteiger partial charge >= 0.3 is 0 Å². The van der Waals surface area contributed by atoms with Crippen LogP contribution < -0.4 is 10.1 Å². The molecule has 2 rings (SSSR count). The molecule has 1 N–H and O–H groups in total. The van der Waals surface area contributed by atoms with Crippen molar-refractivity contribution in [2.75, 3.05) is 6.54 Å². The first-order chi connectivity index (χ1) is 10.0. The van der Waals surface area contributed by atoms with Crippen molar-refractivity contribution in [3.05, 3.63) is 45.8 Å². The molecule has 0 amide bonds. The van der Waals surface area contributed by atoms with Crippen molar-refractivity contribution in [3.8, 4) is 5.75 Å². The first kappa shape index (κ1) is 16.0. The molecule has 1 heterocycles. The van der Waals surface area contributed by atoms with Crippen molar-refractivity contribution >= 4 is 15.9 Å². The van der Waals surface area contributed by atoms with Crippen molar-refractivity contribution < 1.29 is 9.26 Å². The number of benzene rings is 1. The van der Waals surface area contributed by atoms with Crippen molar-refractivity contribution in [2.24, 2.45) is 5.92 Å². The molecule has 0 saturated heterocycles. The molecule has 0 saturated carbocycles. The molecule has 4 nitrogen and oxygen atoms in total. The molecule has 21 heavy (non-hydrogen) atoms. The fraction of sp³-hybridized carbons (Fsp3) is 0.438. The van der Waals surface area contributed by atoms with E-state index in [9.17, 15) is 0 Å². The van der Waals surface area contributed by atoms with Gasteiger partial charge in [-0.05, 0) is 43.1 Å². The molecule has 0 spiro atoms. The highest BCUT2D eigenvalue weighted by atomic mass is 79.9. The SMILES string of the molecule is Cc1cc(COc2ccc(Br)c(CNCC(C)C)c2)no1. The van der Waals surface area contributed by atoms with Gasteiger partial charge in [0.2, 0.25) is 0 Å². The summed E-state index contributed by atoms with van der Waals surface area (Å²) in [6.45, 7) is 8.49. The summed E-state index contributed by atoms with van der Waals surface area (Å²) in [6, 6.07) is 7.88. The smallest absolute Gasteiger partial charge is 0.134 e. The Labute approximate surface area is 134 Å². The molecule has 0 aliphatic carbocycles. The van der Waals surface area contributed by atoms with E-state index in [1.165, 1.54) is 5.56 Å². The Kier molecular flexibility index (Phi) is 5.82. The second kappa shape index (κ2) is 7.61. The molecule has 2 aromatic rings.